The van der Waals surface area contributed by atoms with E-state index in [4.69, 9.17) is 0 Å². The highest BCUT2D eigenvalue weighted by Gasteiger charge is 2.50. The lowest BCUT2D eigenvalue weighted by molar-refractivity contribution is -0.148. The van der Waals surface area contributed by atoms with E-state index < -0.39 is 53.1 Å². The Bertz CT molecular complexity index is 933. The number of carbonyl (C=O) groups is 4. The van der Waals surface area contributed by atoms with Crippen molar-refractivity contribution in [2.45, 2.75) is 81.5 Å². The predicted octanol–water partition coefficient (Wildman–Crippen LogP) is 1.78. The average molecular weight is 471 g/mol. The van der Waals surface area contributed by atoms with Crippen molar-refractivity contribution in [2.24, 2.45) is 7.05 Å². The van der Waals surface area contributed by atoms with E-state index in [9.17, 15) is 28.0 Å². The second-order valence-electron chi connectivity index (χ2n) is 9.06. The number of hydrogen-bond donors (Lipinski definition) is 3. The summed E-state index contributed by atoms with van der Waals surface area (Å²) in [6.45, 7) is 0.372. The van der Waals surface area contributed by atoms with Gasteiger partial charge in [0, 0.05) is 32.7 Å². The van der Waals surface area contributed by atoms with Crippen molar-refractivity contribution in [1.29, 1.82) is 0 Å². The van der Waals surface area contributed by atoms with Gasteiger partial charge in [0.05, 0.1) is 0 Å². The van der Waals surface area contributed by atoms with Gasteiger partial charge in [-0.2, -0.15) is 13.9 Å². The summed E-state index contributed by atoms with van der Waals surface area (Å²) >= 11 is 0. The van der Waals surface area contributed by atoms with Crippen molar-refractivity contribution in [1.82, 2.24) is 20.4 Å². The molecule has 2 aliphatic rings. The van der Waals surface area contributed by atoms with Crippen molar-refractivity contribution >= 4 is 29.3 Å². The molecule has 9 nitrogen and oxygen atoms in total. The average Bonchev–Trinajstić information content (AvgIpc) is 3.30. The number of rotatable bonds is 9. The Kier molecular flexibility index (Phi) is 6.85. The van der Waals surface area contributed by atoms with Gasteiger partial charge in [-0.25, -0.2) is 4.39 Å². The summed E-state index contributed by atoms with van der Waals surface area (Å²) in [4.78, 5) is 50.2. The molecule has 1 aromatic heterocycles. The first-order chi connectivity index (χ1) is 15.3. The van der Waals surface area contributed by atoms with Crippen molar-refractivity contribution in [3.05, 3.63) is 12.3 Å². The van der Waals surface area contributed by atoms with E-state index in [1.54, 1.807) is 13.2 Å². The summed E-state index contributed by atoms with van der Waals surface area (Å²) in [5.41, 5.74) is -3.34. The highest BCUT2D eigenvalue weighted by Crippen LogP contribution is 2.38. The van der Waals surface area contributed by atoms with E-state index in [1.165, 1.54) is 10.7 Å². The fourth-order valence-corrected chi connectivity index (χ4v) is 4.21. The Morgan fingerprint density at radius 1 is 1.15 bits per heavy atom. The molecule has 3 N–H and O–H groups in total. The smallest absolute Gasteiger partial charge is 0.321 e. The molecule has 1 aromatic rings. The third kappa shape index (κ3) is 5.72. The second-order valence-corrected chi connectivity index (χ2v) is 9.06. The van der Waals surface area contributed by atoms with Crippen molar-refractivity contribution in [2.75, 3.05) is 5.32 Å². The quantitative estimate of drug-likeness (QED) is 0.474. The first-order valence-electron chi connectivity index (χ1n) is 10.9. The normalized spacial score (nSPS) is 19.8. The highest BCUT2D eigenvalue weighted by molar-refractivity contribution is 6.44. The van der Waals surface area contributed by atoms with Crippen LogP contribution in [-0.2, 0) is 26.2 Å². The summed E-state index contributed by atoms with van der Waals surface area (Å²) in [7, 11) is 1.63. The number of amides is 3. The summed E-state index contributed by atoms with van der Waals surface area (Å²) in [6.07, 6.45) is 3.37. The predicted molar refractivity (Wildman–Crippen MR) is 111 cm³/mol. The molecule has 0 unspecified atom stereocenters. The molecule has 3 amide bonds. The third-order valence-corrected chi connectivity index (χ3v) is 6.26. The first kappa shape index (κ1) is 24.7. The molecule has 0 spiro atoms. The molecule has 12 heteroatoms. The van der Waals surface area contributed by atoms with Crippen molar-refractivity contribution < 1.29 is 32.3 Å². The van der Waals surface area contributed by atoms with Crippen LogP contribution < -0.4 is 16.0 Å². The zero-order valence-electron chi connectivity index (χ0n) is 18.6. The maximum Gasteiger partial charge on any atom is 0.321 e. The number of nitrogens with one attached hydrogen (secondary N) is 3. The van der Waals surface area contributed by atoms with Crippen LogP contribution in [0.5, 0.6) is 0 Å². The van der Waals surface area contributed by atoms with E-state index in [0.717, 1.165) is 0 Å². The number of Topliss-reactive ketones (excluding diaryl/α,β-unsaturated/α-hetero) is 1. The summed E-state index contributed by atoms with van der Waals surface area (Å²) in [5, 5.41) is 10.7. The maximum absolute atomic E-state index is 15.1. The SMILES string of the molecule is Cn1ccc(NC(=O)C(=O)C2(NC(=O)[C@H](CC3(F)CCCC3)NC(=O)C(C)(F)F)CCC2)n1. The van der Waals surface area contributed by atoms with E-state index in [0.29, 0.717) is 26.2 Å². The summed E-state index contributed by atoms with van der Waals surface area (Å²) < 4.78 is 43.4. The molecule has 0 bridgehead atoms. The lowest BCUT2D eigenvalue weighted by atomic mass is 9.73. The zero-order chi connectivity index (χ0) is 24.4. The Morgan fingerprint density at radius 2 is 1.79 bits per heavy atom. The van der Waals surface area contributed by atoms with Gasteiger partial charge in [-0.3, -0.25) is 23.9 Å². The number of aromatic nitrogens is 2. The van der Waals surface area contributed by atoms with Crippen LogP contribution in [0.4, 0.5) is 19.0 Å². The molecule has 2 aliphatic carbocycles. The number of halogens is 3. The molecule has 0 radical (unpaired) electrons. The molecule has 182 valence electrons. The van der Waals surface area contributed by atoms with Gasteiger partial charge in [0.25, 0.3) is 11.8 Å². The van der Waals surface area contributed by atoms with Crippen LogP contribution in [0.3, 0.4) is 0 Å². The monoisotopic (exact) mass is 471 g/mol. The second kappa shape index (κ2) is 9.14. The van der Waals surface area contributed by atoms with Crippen LogP contribution in [0.2, 0.25) is 0 Å². The molecule has 0 aromatic carbocycles. The number of anilines is 1. The van der Waals surface area contributed by atoms with Gasteiger partial charge in [0.1, 0.15) is 17.2 Å². The van der Waals surface area contributed by atoms with Gasteiger partial charge < -0.3 is 16.0 Å². The van der Waals surface area contributed by atoms with Crippen LogP contribution in [0.1, 0.15) is 58.3 Å². The molecule has 3 rings (SSSR count). The van der Waals surface area contributed by atoms with Crippen LogP contribution in [0.15, 0.2) is 12.3 Å². The van der Waals surface area contributed by atoms with Gasteiger partial charge in [-0.05, 0) is 32.1 Å². The molecular formula is C21H28F3N5O4. The topological polar surface area (TPSA) is 122 Å². The number of carbonyl (C=O) groups excluding carboxylic acids is 4. The molecular weight excluding hydrogens is 443 g/mol. The van der Waals surface area contributed by atoms with Crippen molar-refractivity contribution in [3.8, 4) is 0 Å². The highest BCUT2D eigenvalue weighted by atomic mass is 19.3. The largest absolute Gasteiger partial charge is 0.341 e. The fourth-order valence-electron chi connectivity index (χ4n) is 4.21. The minimum atomic E-state index is -3.77. The standard InChI is InChI=1S/C21H28F3N5O4/c1-19(22,23)18(33)25-13(12-20(24)7-3-4-8-20)16(31)27-21(9-5-10-21)15(30)17(32)26-14-6-11-29(2)28-14/h6,11,13H,3-5,7-10,12H2,1-2H3,(H,25,33)(H,27,31)(H,26,28,32)/t13-/m0/s1. The Morgan fingerprint density at radius 3 is 2.27 bits per heavy atom. The number of aryl methyl sites for hydroxylation is 1. The van der Waals surface area contributed by atoms with Crippen LogP contribution in [0.25, 0.3) is 0 Å². The van der Waals surface area contributed by atoms with Gasteiger partial charge in [0.2, 0.25) is 11.7 Å². The van der Waals surface area contributed by atoms with E-state index in [2.05, 4.69) is 15.7 Å². The Hall–Kier alpha value is -2.92. The molecule has 33 heavy (non-hydrogen) atoms. The summed E-state index contributed by atoms with van der Waals surface area (Å²) in [6, 6.07) is -0.133. The van der Waals surface area contributed by atoms with E-state index >= 15 is 4.39 Å². The zero-order valence-corrected chi connectivity index (χ0v) is 18.6. The van der Waals surface area contributed by atoms with Crippen LogP contribution >= 0.6 is 0 Å². The molecule has 1 heterocycles. The van der Waals surface area contributed by atoms with Gasteiger partial charge >= 0.3 is 5.92 Å². The van der Waals surface area contributed by atoms with E-state index in [-0.39, 0.29) is 31.5 Å². The molecule has 2 saturated carbocycles. The molecule has 1 atom stereocenters. The molecule has 0 saturated heterocycles. The fraction of sp³-hybridized carbons (Fsp3) is 0.667. The van der Waals surface area contributed by atoms with Gasteiger partial charge in [-0.15, -0.1) is 0 Å². The van der Waals surface area contributed by atoms with Crippen LogP contribution in [0, 0.1) is 0 Å². The molecule has 2 fully saturated rings. The van der Waals surface area contributed by atoms with Gasteiger partial charge in [0.15, 0.2) is 5.82 Å². The Labute approximate surface area is 188 Å². The van der Waals surface area contributed by atoms with Crippen molar-refractivity contribution in [3.63, 3.8) is 0 Å². The minimum Gasteiger partial charge on any atom is -0.341 e. The van der Waals surface area contributed by atoms with Gasteiger partial charge in [-0.1, -0.05) is 12.8 Å². The number of nitrogens with zero attached hydrogens (tertiary/aromatic N) is 2. The maximum atomic E-state index is 15.1. The van der Waals surface area contributed by atoms with E-state index in [1.807, 2.05) is 5.32 Å². The summed E-state index contributed by atoms with van der Waals surface area (Å²) in [5.74, 6) is -8.24. The number of hydrogen-bond acceptors (Lipinski definition) is 5. The third-order valence-electron chi connectivity index (χ3n) is 6.26. The van der Waals surface area contributed by atoms with Crippen LogP contribution in [-0.4, -0.2) is 56.5 Å². The first-order valence-corrected chi connectivity index (χ1v) is 10.9. The molecule has 0 aliphatic heterocycles. The number of ketones is 1. The minimum absolute atomic E-state index is 0.145. The number of alkyl halides is 3. The Balaban J connectivity index is 1.74. The lowest BCUT2D eigenvalue weighted by Crippen LogP contribution is -2.65. The lowest BCUT2D eigenvalue weighted by Gasteiger charge is -2.41.